The van der Waals surface area contributed by atoms with E-state index in [9.17, 15) is 8.42 Å². The molecule has 0 bridgehead atoms. The van der Waals surface area contributed by atoms with Crippen LogP contribution in [-0.2, 0) is 10.1 Å². The van der Waals surface area contributed by atoms with Crippen molar-refractivity contribution in [3.63, 3.8) is 0 Å². The van der Waals surface area contributed by atoms with Crippen molar-refractivity contribution in [2.24, 2.45) is 0 Å². The highest BCUT2D eigenvalue weighted by atomic mass is 32.2. The lowest BCUT2D eigenvalue weighted by Gasteiger charge is -2.13. The molecule has 1 N–H and O–H groups in total. The Kier molecular flexibility index (Phi) is 5.99. The van der Waals surface area contributed by atoms with Gasteiger partial charge in [-0.3, -0.25) is 4.55 Å². The molecular weight excluding hydrogens is 424 g/mol. The van der Waals surface area contributed by atoms with Crippen LogP contribution in [0.5, 0.6) is 23.0 Å². The van der Waals surface area contributed by atoms with Gasteiger partial charge in [0.25, 0.3) is 10.1 Å². The van der Waals surface area contributed by atoms with Gasteiger partial charge in [0.2, 0.25) is 0 Å². The molecule has 0 heterocycles. The fraction of sp³-hybridized carbons (Fsp3) is 0.0769. The molecule has 0 radical (unpaired) electrons. The molecule has 0 saturated heterocycles. The summed E-state index contributed by atoms with van der Waals surface area (Å²) in [5.41, 5.74) is 3.90. The van der Waals surface area contributed by atoms with E-state index < -0.39 is 10.1 Å². The van der Waals surface area contributed by atoms with E-state index in [2.05, 4.69) is 0 Å². The first kappa shape index (κ1) is 21.6. The molecule has 0 unspecified atom stereocenters. The minimum absolute atomic E-state index is 0.180. The van der Waals surface area contributed by atoms with Gasteiger partial charge in [-0.2, -0.15) is 8.42 Å². The minimum atomic E-state index is -4.24. The smallest absolute Gasteiger partial charge is 0.294 e. The lowest BCUT2D eigenvalue weighted by atomic mass is 10.0. The molecule has 0 fully saturated rings. The predicted molar refractivity (Wildman–Crippen MR) is 124 cm³/mol. The molecule has 0 aliphatic rings. The third-order valence-corrected chi connectivity index (χ3v) is 5.90. The van der Waals surface area contributed by atoms with Crippen molar-refractivity contribution < 1.29 is 22.4 Å². The second kappa shape index (κ2) is 8.86. The third kappa shape index (κ3) is 4.99. The first-order valence-electron chi connectivity index (χ1n) is 9.99. The van der Waals surface area contributed by atoms with Crippen LogP contribution in [0.1, 0.15) is 11.1 Å². The fourth-order valence-electron chi connectivity index (χ4n) is 3.20. The number of para-hydroxylation sites is 1. The molecule has 32 heavy (non-hydrogen) atoms. The number of rotatable bonds is 6. The SMILES string of the molecule is Cc1ccc(-c2ccc(C)c(Oc3ccc(S(=O)(=O)O)cc3)c2)cc1Oc1ccccc1. The Bertz CT molecular complexity index is 1350. The van der Waals surface area contributed by atoms with Crippen molar-refractivity contribution in [3.8, 4) is 34.1 Å². The van der Waals surface area contributed by atoms with Crippen molar-refractivity contribution in [1.82, 2.24) is 0 Å². The molecule has 0 spiro atoms. The van der Waals surface area contributed by atoms with Crippen LogP contribution in [0.2, 0.25) is 0 Å². The summed E-state index contributed by atoms with van der Waals surface area (Å²) in [7, 11) is -4.24. The molecule has 6 heteroatoms. The zero-order valence-electron chi connectivity index (χ0n) is 17.6. The summed E-state index contributed by atoms with van der Waals surface area (Å²) in [5, 5.41) is 0. The molecule has 0 saturated carbocycles. The average molecular weight is 447 g/mol. The van der Waals surface area contributed by atoms with Crippen LogP contribution < -0.4 is 9.47 Å². The predicted octanol–water partition coefficient (Wildman–Crippen LogP) is 6.80. The van der Waals surface area contributed by atoms with E-state index >= 15 is 0 Å². The normalized spacial score (nSPS) is 11.2. The highest BCUT2D eigenvalue weighted by Gasteiger charge is 2.11. The monoisotopic (exact) mass is 446 g/mol. The lowest BCUT2D eigenvalue weighted by molar-refractivity contribution is 0.475. The summed E-state index contributed by atoms with van der Waals surface area (Å²) in [4.78, 5) is -0.180. The Balaban J connectivity index is 1.62. The van der Waals surface area contributed by atoms with Gasteiger partial charge in [-0.1, -0.05) is 42.5 Å². The Labute approximate surface area is 187 Å². The van der Waals surface area contributed by atoms with Gasteiger partial charge >= 0.3 is 0 Å². The van der Waals surface area contributed by atoms with Gasteiger partial charge in [-0.05, 0) is 84.6 Å². The highest BCUT2D eigenvalue weighted by Crippen LogP contribution is 2.34. The van der Waals surface area contributed by atoms with Crippen molar-refractivity contribution in [1.29, 1.82) is 0 Å². The number of benzene rings is 4. The number of aryl methyl sites for hydroxylation is 2. The molecule has 162 valence electrons. The van der Waals surface area contributed by atoms with E-state index in [0.717, 1.165) is 33.8 Å². The van der Waals surface area contributed by atoms with Crippen LogP contribution in [0.4, 0.5) is 0 Å². The highest BCUT2D eigenvalue weighted by molar-refractivity contribution is 7.85. The fourth-order valence-corrected chi connectivity index (χ4v) is 3.68. The van der Waals surface area contributed by atoms with Crippen LogP contribution in [0.3, 0.4) is 0 Å². The van der Waals surface area contributed by atoms with Crippen molar-refractivity contribution in [3.05, 3.63) is 102 Å². The molecule has 5 nitrogen and oxygen atoms in total. The lowest BCUT2D eigenvalue weighted by Crippen LogP contribution is -1.97. The third-order valence-electron chi connectivity index (χ3n) is 5.03. The van der Waals surface area contributed by atoms with Gasteiger partial charge < -0.3 is 9.47 Å². The summed E-state index contributed by atoms with van der Waals surface area (Å²) < 4.78 is 43.6. The maximum absolute atomic E-state index is 11.2. The summed E-state index contributed by atoms with van der Waals surface area (Å²) in [6, 6.07) is 27.2. The molecule has 0 aliphatic carbocycles. The number of hydrogen-bond donors (Lipinski definition) is 1. The second-order valence-corrected chi connectivity index (χ2v) is 8.85. The zero-order chi connectivity index (χ0) is 22.7. The van der Waals surface area contributed by atoms with E-state index in [1.807, 2.05) is 80.6 Å². The molecule has 4 rings (SSSR count). The topological polar surface area (TPSA) is 72.8 Å². The molecule has 4 aromatic carbocycles. The van der Waals surface area contributed by atoms with E-state index in [0.29, 0.717) is 11.5 Å². The van der Waals surface area contributed by atoms with Gasteiger partial charge in [0, 0.05) is 0 Å². The van der Waals surface area contributed by atoms with E-state index in [-0.39, 0.29) is 4.90 Å². The number of hydrogen-bond acceptors (Lipinski definition) is 4. The molecule has 0 amide bonds. The van der Waals surface area contributed by atoms with Crippen molar-refractivity contribution in [2.75, 3.05) is 0 Å². The summed E-state index contributed by atoms with van der Waals surface area (Å²) >= 11 is 0. The van der Waals surface area contributed by atoms with Gasteiger partial charge in [-0.15, -0.1) is 0 Å². The maximum atomic E-state index is 11.2. The van der Waals surface area contributed by atoms with Gasteiger partial charge in [0.15, 0.2) is 0 Å². The quantitative estimate of drug-likeness (QED) is 0.330. The van der Waals surface area contributed by atoms with Crippen LogP contribution >= 0.6 is 0 Å². The zero-order valence-corrected chi connectivity index (χ0v) is 18.5. The van der Waals surface area contributed by atoms with Crippen molar-refractivity contribution >= 4 is 10.1 Å². The molecule has 0 atom stereocenters. The Morgan fingerprint density at radius 2 is 1.09 bits per heavy atom. The largest absolute Gasteiger partial charge is 0.457 e. The molecular formula is C26H22O5S. The Morgan fingerprint density at radius 3 is 1.56 bits per heavy atom. The van der Waals surface area contributed by atoms with E-state index in [4.69, 9.17) is 14.0 Å². The van der Waals surface area contributed by atoms with Crippen LogP contribution in [0.15, 0.2) is 95.9 Å². The molecule has 0 aromatic heterocycles. The van der Waals surface area contributed by atoms with Gasteiger partial charge in [0.05, 0.1) is 4.90 Å². The molecule has 4 aromatic rings. The van der Waals surface area contributed by atoms with Crippen LogP contribution in [-0.4, -0.2) is 13.0 Å². The van der Waals surface area contributed by atoms with Crippen LogP contribution in [0.25, 0.3) is 11.1 Å². The summed E-state index contributed by atoms with van der Waals surface area (Å²) in [6.45, 7) is 3.94. The van der Waals surface area contributed by atoms with E-state index in [1.54, 1.807) is 0 Å². The van der Waals surface area contributed by atoms with E-state index in [1.165, 1.54) is 24.3 Å². The Hall–Kier alpha value is -3.61. The maximum Gasteiger partial charge on any atom is 0.294 e. The summed E-state index contributed by atoms with van der Waals surface area (Å²) in [5.74, 6) is 2.66. The number of ether oxygens (including phenoxy) is 2. The second-order valence-electron chi connectivity index (χ2n) is 7.42. The first-order valence-corrected chi connectivity index (χ1v) is 11.4. The standard InChI is InChI=1S/C26H22O5S/c1-18-8-10-20(16-25(18)30-22-6-4-3-5-7-22)21-11-9-19(2)26(17-21)31-23-12-14-24(15-13-23)32(27,28)29/h3-17H,1-2H3,(H,27,28,29). The van der Waals surface area contributed by atoms with Crippen LogP contribution in [0, 0.1) is 13.8 Å². The van der Waals surface area contributed by atoms with Gasteiger partial charge in [-0.25, -0.2) is 0 Å². The Morgan fingerprint density at radius 1 is 0.625 bits per heavy atom. The minimum Gasteiger partial charge on any atom is -0.457 e. The van der Waals surface area contributed by atoms with Gasteiger partial charge in [0.1, 0.15) is 23.0 Å². The molecule has 0 aliphatic heterocycles. The summed E-state index contributed by atoms with van der Waals surface area (Å²) in [6.07, 6.45) is 0. The first-order chi connectivity index (χ1) is 15.3. The van der Waals surface area contributed by atoms with Crippen molar-refractivity contribution in [2.45, 2.75) is 18.7 Å². The average Bonchev–Trinajstić information content (AvgIpc) is 2.77.